The summed E-state index contributed by atoms with van der Waals surface area (Å²) in [4.78, 5) is 53.8. The van der Waals surface area contributed by atoms with E-state index in [1.807, 2.05) is 0 Å². The highest BCUT2D eigenvalue weighted by molar-refractivity contribution is 6.25. The molecule has 226 valence electrons. The molecular formula is C31H34N4O8. The summed E-state index contributed by atoms with van der Waals surface area (Å²) in [5.74, 6) is -7.34. The normalized spacial score (nSPS) is 24.9. The predicted molar refractivity (Wildman–Crippen MR) is 155 cm³/mol. The monoisotopic (exact) mass is 590 g/mol. The number of aliphatic hydroxyl groups excluding tert-OH is 2. The Kier molecular flexibility index (Phi) is 7.63. The Morgan fingerprint density at radius 2 is 1.81 bits per heavy atom. The molecule has 0 saturated carbocycles. The molecule has 0 heterocycles. The van der Waals surface area contributed by atoms with Gasteiger partial charge in [-0.05, 0) is 74.8 Å². The van der Waals surface area contributed by atoms with E-state index in [9.17, 15) is 39.6 Å². The number of aromatic hydroxyl groups is 1. The van der Waals surface area contributed by atoms with Crippen LogP contribution in [0.2, 0.25) is 0 Å². The van der Waals surface area contributed by atoms with Gasteiger partial charge in [0.05, 0.1) is 11.6 Å². The minimum Gasteiger partial charge on any atom is -0.510 e. The molecule has 0 radical (unpaired) electrons. The number of nitrogens with zero attached hydrogens (tertiary/aromatic N) is 1. The van der Waals surface area contributed by atoms with E-state index in [-0.39, 0.29) is 35.6 Å². The topological polar surface area (TPSA) is 203 Å². The fraction of sp³-hybridized carbons (Fsp3) is 0.355. The van der Waals surface area contributed by atoms with E-state index in [1.54, 1.807) is 51.5 Å². The number of primary amides is 1. The number of aliphatic hydroxyl groups is 3. The van der Waals surface area contributed by atoms with E-state index >= 15 is 0 Å². The summed E-state index contributed by atoms with van der Waals surface area (Å²) in [6.45, 7) is 1.02. The summed E-state index contributed by atoms with van der Waals surface area (Å²) in [6.07, 6.45) is 0.117. The minimum atomic E-state index is -2.70. The third-order valence-electron chi connectivity index (χ3n) is 8.70. The number of benzene rings is 2. The van der Waals surface area contributed by atoms with Gasteiger partial charge in [0.1, 0.15) is 22.8 Å². The SMILES string of the molecule is CNCCNC(=O)c1cccc(-c2ccc(O)c3c2C[C@H]2C[C@H]4[C@H](N(C)C)C(O)=C(C(N)=O)C(=O)[C@@]4(O)C(O)=C2C3=O)c1. The Bertz CT molecular complexity index is 1630. The number of hydrogen-bond donors (Lipinski definition) is 7. The molecule has 2 aromatic carbocycles. The van der Waals surface area contributed by atoms with Crippen molar-refractivity contribution in [2.24, 2.45) is 17.6 Å². The van der Waals surface area contributed by atoms with Crippen molar-refractivity contribution < 1.29 is 39.6 Å². The molecule has 43 heavy (non-hydrogen) atoms. The van der Waals surface area contributed by atoms with Gasteiger partial charge in [0.2, 0.25) is 5.78 Å². The maximum Gasteiger partial charge on any atom is 0.255 e. The lowest BCUT2D eigenvalue weighted by molar-refractivity contribution is -0.148. The molecule has 12 nitrogen and oxygen atoms in total. The average Bonchev–Trinajstić information content (AvgIpc) is 2.95. The third-order valence-corrected chi connectivity index (χ3v) is 8.70. The predicted octanol–water partition coefficient (Wildman–Crippen LogP) is 0.737. The second kappa shape index (κ2) is 11.0. The van der Waals surface area contributed by atoms with Gasteiger partial charge in [-0.1, -0.05) is 18.2 Å². The standard InChI is InChI=1S/C31H34N4O8/c1-33-9-10-34-30(42)15-6-4-5-14(11-15)17-7-8-20(36)22-18(17)12-16-13-19-24(35(2)3)26(38)23(29(32)41)28(40)31(19,43)27(39)21(16)25(22)37/h4-8,11,16,19,24,33,36,38-39,43H,9-10,12-13H2,1-3H3,(H2,32,41)(H,34,42)/t16-,19-,24-,31-/m0/s1. The first-order valence-corrected chi connectivity index (χ1v) is 13.9. The summed E-state index contributed by atoms with van der Waals surface area (Å²) >= 11 is 0. The summed E-state index contributed by atoms with van der Waals surface area (Å²) in [7, 11) is 4.93. The Morgan fingerprint density at radius 3 is 2.47 bits per heavy atom. The summed E-state index contributed by atoms with van der Waals surface area (Å²) in [5.41, 5.74) is 3.59. The van der Waals surface area contributed by atoms with Gasteiger partial charge in [-0.2, -0.15) is 0 Å². The molecular weight excluding hydrogens is 556 g/mol. The van der Waals surface area contributed by atoms with Gasteiger partial charge in [-0.15, -0.1) is 0 Å². The number of ketones is 2. The molecule has 0 aliphatic heterocycles. The lowest BCUT2D eigenvalue weighted by Gasteiger charge is -2.50. The quantitative estimate of drug-likeness (QED) is 0.178. The maximum atomic E-state index is 14.0. The van der Waals surface area contributed by atoms with Crippen LogP contribution in [-0.4, -0.2) is 94.6 Å². The number of carbonyl (C=O) groups excluding carboxylic acids is 4. The zero-order valence-electron chi connectivity index (χ0n) is 24.0. The fourth-order valence-electron chi connectivity index (χ4n) is 6.75. The highest BCUT2D eigenvalue weighted by Gasteiger charge is 2.63. The second-order valence-electron chi connectivity index (χ2n) is 11.4. The van der Waals surface area contributed by atoms with Crippen LogP contribution >= 0.6 is 0 Å². The zero-order valence-corrected chi connectivity index (χ0v) is 24.0. The van der Waals surface area contributed by atoms with Gasteiger partial charge in [0, 0.05) is 30.1 Å². The van der Waals surface area contributed by atoms with Gasteiger partial charge in [-0.3, -0.25) is 24.1 Å². The van der Waals surface area contributed by atoms with Crippen LogP contribution in [0.1, 0.15) is 32.7 Å². The van der Waals surface area contributed by atoms with Crippen LogP contribution in [0.4, 0.5) is 0 Å². The minimum absolute atomic E-state index is 0.0191. The number of nitrogens with two attached hydrogens (primary N) is 1. The van der Waals surface area contributed by atoms with Crippen LogP contribution in [0.15, 0.2) is 59.1 Å². The fourth-order valence-corrected chi connectivity index (χ4v) is 6.75. The van der Waals surface area contributed by atoms with Crippen molar-refractivity contribution >= 4 is 23.4 Å². The van der Waals surface area contributed by atoms with Crippen molar-refractivity contribution in [2.45, 2.75) is 24.5 Å². The Hall–Kier alpha value is -4.52. The second-order valence-corrected chi connectivity index (χ2v) is 11.4. The first-order valence-electron chi connectivity index (χ1n) is 13.9. The van der Waals surface area contributed by atoms with Gasteiger partial charge in [-0.25, -0.2) is 0 Å². The number of fused-ring (bicyclic) bond motifs is 3. The van der Waals surface area contributed by atoms with Gasteiger partial charge in [0.25, 0.3) is 11.8 Å². The number of likely N-dealkylation sites (N-methyl/N-ethyl adjacent to an activating group) is 2. The van der Waals surface area contributed by atoms with Crippen molar-refractivity contribution in [3.05, 3.63) is 75.8 Å². The largest absolute Gasteiger partial charge is 0.510 e. The van der Waals surface area contributed by atoms with Crippen molar-refractivity contribution in [2.75, 3.05) is 34.2 Å². The summed E-state index contributed by atoms with van der Waals surface area (Å²) < 4.78 is 0. The molecule has 2 amide bonds. The van der Waals surface area contributed by atoms with Crippen LogP contribution in [0.25, 0.3) is 11.1 Å². The van der Waals surface area contributed by atoms with E-state index < -0.39 is 58.0 Å². The molecule has 2 aromatic rings. The van der Waals surface area contributed by atoms with Crippen molar-refractivity contribution in [3.8, 4) is 16.9 Å². The summed E-state index contributed by atoms with van der Waals surface area (Å²) in [6, 6.07) is 8.75. The van der Waals surface area contributed by atoms with Gasteiger partial charge in [0.15, 0.2) is 11.4 Å². The molecule has 0 saturated heterocycles. The smallest absolute Gasteiger partial charge is 0.255 e. The molecule has 0 fully saturated rings. The van der Waals surface area contributed by atoms with E-state index in [2.05, 4.69) is 10.6 Å². The molecule has 5 rings (SSSR count). The number of phenolic OH excluding ortho intramolecular Hbond substituents is 1. The van der Waals surface area contributed by atoms with Crippen LogP contribution < -0.4 is 16.4 Å². The molecule has 3 aliphatic rings. The van der Waals surface area contributed by atoms with E-state index in [0.29, 0.717) is 35.3 Å². The van der Waals surface area contributed by atoms with Crippen molar-refractivity contribution in [1.29, 1.82) is 0 Å². The molecule has 8 N–H and O–H groups in total. The highest BCUT2D eigenvalue weighted by Crippen LogP contribution is 2.53. The Labute approximate surface area is 247 Å². The zero-order chi connectivity index (χ0) is 31.4. The molecule has 0 spiro atoms. The third kappa shape index (κ3) is 4.58. The lowest BCUT2D eigenvalue weighted by Crippen LogP contribution is -2.63. The van der Waals surface area contributed by atoms with E-state index in [4.69, 9.17) is 5.73 Å². The number of phenols is 1. The number of amides is 2. The number of rotatable bonds is 7. The number of Topliss-reactive ketones (excluding diaryl/α,β-unsaturated/α-hetero) is 2. The number of hydrogen-bond acceptors (Lipinski definition) is 10. The van der Waals surface area contributed by atoms with Crippen LogP contribution in [0, 0.1) is 11.8 Å². The average molecular weight is 591 g/mol. The van der Waals surface area contributed by atoms with Crippen LogP contribution in [0.5, 0.6) is 5.75 Å². The first-order chi connectivity index (χ1) is 20.3. The van der Waals surface area contributed by atoms with Gasteiger partial charge >= 0.3 is 0 Å². The molecule has 4 atom stereocenters. The highest BCUT2D eigenvalue weighted by atomic mass is 16.3. The molecule has 0 unspecified atom stereocenters. The van der Waals surface area contributed by atoms with E-state index in [0.717, 1.165) is 0 Å². The Balaban J connectivity index is 1.63. The number of nitrogens with one attached hydrogen (secondary N) is 2. The number of allylic oxidation sites excluding steroid dienone is 1. The van der Waals surface area contributed by atoms with Crippen LogP contribution in [-0.2, 0) is 16.0 Å². The first kappa shape index (κ1) is 30.0. The molecule has 0 aromatic heterocycles. The molecule has 12 heteroatoms. The lowest BCUT2D eigenvalue weighted by atomic mass is 9.58. The maximum absolute atomic E-state index is 14.0. The van der Waals surface area contributed by atoms with Gasteiger partial charge < -0.3 is 36.8 Å². The summed E-state index contributed by atoms with van der Waals surface area (Å²) in [5, 5.41) is 50.7. The van der Waals surface area contributed by atoms with Crippen molar-refractivity contribution in [1.82, 2.24) is 15.5 Å². The molecule has 0 bridgehead atoms. The molecule has 3 aliphatic carbocycles. The van der Waals surface area contributed by atoms with Crippen LogP contribution in [0.3, 0.4) is 0 Å². The Morgan fingerprint density at radius 1 is 1.09 bits per heavy atom. The van der Waals surface area contributed by atoms with Crippen molar-refractivity contribution in [3.63, 3.8) is 0 Å². The number of carbonyl (C=O) groups is 4. The van der Waals surface area contributed by atoms with E-state index in [1.165, 1.54) is 11.0 Å².